The molecule has 0 spiro atoms. The standard InChI is InChI=1S/C25H26ClN3O4/c1-5-33-25(32)22-15(2)21(16(3)28-22)23(30)17(4)29(14-18-10-8-9-13-27-18)24(31)19-11-6-7-12-20(19)26/h6-13,17,28H,5,14H2,1-4H3. The van der Waals surface area contributed by atoms with Gasteiger partial charge in [-0.1, -0.05) is 29.8 Å². The van der Waals surface area contributed by atoms with Gasteiger partial charge in [0.1, 0.15) is 5.69 Å². The molecule has 172 valence electrons. The minimum absolute atomic E-state index is 0.116. The first-order valence-electron chi connectivity index (χ1n) is 10.6. The number of aromatic amines is 1. The van der Waals surface area contributed by atoms with Gasteiger partial charge < -0.3 is 14.6 Å². The number of amides is 1. The molecule has 1 unspecified atom stereocenters. The Bertz CT molecular complexity index is 1170. The number of nitrogens with zero attached hydrogens (tertiary/aromatic N) is 2. The molecule has 0 aliphatic rings. The predicted molar refractivity (Wildman–Crippen MR) is 126 cm³/mol. The van der Waals surface area contributed by atoms with Crippen molar-refractivity contribution in [2.75, 3.05) is 6.61 Å². The summed E-state index contributed by atoms with van der Waals surface area (Å²) < 4.78 is 5.08. The highest BCUT2D eigenvalue weighted by molar-refractivity contribution is 6.33. The molecular weight excluding hydrogens is 442 g/mol. The Balaban J connectivity index is 2.00. The fraction of sp³-hybridized carbons (Fsp3) is 0.280. The largest absolute Gasteiger partial charge is 0.461 e. The molecule has 2 heterocycles. The normalized spacial score (nSPS) is 11.7. The smallest absolute Gasteiger partial charge is 0.355 e. The Labute approximate surface area is 197 Å². The number of hydrogen-bond donors (Lipinski definition) is 1. The molecule has 3 aromatic rings. The van der Waals surface area contributed by atoms with Crippen molar-refractivity contribution in [2.45, 2.75) is 40.3 Å². The fourth-order valence-corrected chi connectivity index (χ4v) is 3.93. The van der Waals surface area contributed by atoms with E-state index in [0.717, 1.165) is 0 Å². The van der Waals surface area contributed by atoms with E-state index in [1.165, 1.54) is 4.90 Å². The quantitative estimate of drug-likeness (QED) is 0.380. The summed E-state index contributed by atoms with van der Waals surface area (Å²) in [6.45, 7) is 7.12. The van der Waals surface area contributed by atoms with Crippen LogP contribution in [0.5, 0.6) is 0 Å². The molecule has 0 saturated heterocycles. The summed E-state index contributed by atoms with van der Waals surface area (Å²) in [6.07, 6.45) is 1.63. The third-order valence-electron chi connectivity index (χ3n) is 5.43. The number of aryl methyl sites for hydroxylation is 1. The average Bonchev–Trinajstić information content (AvgIpc) is 3.11. The van der Waals surface area contributed by atoms with Crippen molar-refractivity contribution in [1.29, 1.82) is 0 Å². The van der Waals surface area contributed by atoms with Crippen LogP contribution in [-0.2, 0) is 11.3 Å². The van der Waals surface area contributed by atoms with Gasteiger partial charge in [-0.3, -0.25) is 14.6 Å². The van der Waals surface area contributed by atoms with Crippen LogP contribution in [0.1, 0.15) is 62.0 Å². The molecule has 1 N–H and O–H groups in total. The van der Waals surface area contributed by atoms with E-state index in [9.17, 15) is 14.4 Å². The predicted octanol–water partition coefficient (Wildman–Crippen LogP) is 4.77. The van der Waals surface area contributed by atoms with Crippen molar-refractivity contribution in [3.05, 3.63) is 87.5 Å². The van der Waals surface area contributed by atoms with E-state index in [2.05, 4.69) is 9.97 Å². The SMILES string of the molecule is CCOC(=O)c1[nH]c(C)c(C(=O)C(C)N(Cc2ccccn2)C(=O)c2ccccc2Cl)c1C. The molecule has 0 radical (unpaired) electrons. The highest BCUT2D eigenvalue weighted by Gasteiger charge is 2.32. The lowest BCUT2D eigenvalue weighted by Crippen LogP contribution is -2.43. The van der Waals surface area contributed by atoms with Crippen molar-refractivity contribution in [3.8, 4) is 0 Å². The number of nitrogens with one attached hydrogen (secondary N) is 1. The van der Waals surface area contributed by atoms with E-state index < -0.39 is 12.0 Å². The van der Waals surface area contributed by atoms with Crippen molar-refractivity contribution in [1.82, 2.24) is 14.9 Å². The van der Waals surface area contributed by atoms with Gasteiger partial charge >= 0.3 is 5.97 Å². The Morgan fingerprint density at radius 3 is 2.45 bits per heavy atom. The minimum atomic E-state index is -0.848. The first-order chi connectivity index (χ1) is 15.8. The summed E-state index contributed by atoms with van der Waals surface area (Å²) in [4.78, 5) is 48.1. The van der Waals surface area contributed by atoms with Crippen LogP contribution in [0.25, 0.3) is 0 Å². The molecule has 33 heavy (non-hydrogen) atoms. The minimum Gasteiger partial charge on any atom is -0.461 e. The van der Waals surface area contributed by atoms with Crippen molar-refractivity contribution < 1.29 is 19.1 Å². The van der Waals surface area contributed by atoms with E-state index in [-0.39, 0.29) is 30.5 Å². The van der Waals surface area contributed by atoms with Crippen LogP contribution in [0.3, 0.4) is 0 Å². The number of benzene rings is 1. The van der Waals surface area contributed by atoms with Gasteiger partial charge in [-0.05, 0) is 57.5 Å². The number of halogens is 1. The first-order valence-corrected chi connectivity index (χ1v) is 11.0. The first kappa shape index (κ1) is 24.2. The van der Waals surface area contributed by atoms with Crippen LogP contribution in [-0.4, -0.2) is 45.2 Å². The molecule has 1 atom stereocenters. The summed E-state index contributed by atoms with van der Waals surface area (Å²) >= 11 is 6.28. The molecule has 0 saturated carbocycles. The van der Waals surface area contributed by atoms with E-state index in [0.29, 0.717) is 33.1 Å². The summed E-state index contributed by atoms with van der Waals surface area (Å²) in [5.41, 5.74) is 2.56. The zero-order valence-electron chi connectivity index (χ0n) is 19.0. The number of ether oxygens (including phenoxy) is 1. The van der Waals surface area contributed by atoms with E-state index in [1.807, 2.05) is 6.07 Å². The lowest BCUT2D eigenvalue weighted by Gasteiger charge is -2.29. The number of rotatable bonds is 8. The number of carbonyl (C=O) groups is 3. The Hall–Kier alpha value is -3.45. The molecule has 1 aromatic carbocycles. The number of pyridine rings is 1. The molecular formula is C25H26ClN3O4. The Kier molecular flexibility index (Phi) is 7.66. The van der Waals surface area contributed by atoms with Gasteiger partial charge in [-0.2, -0.15) is 0 Å². The Morgan fingerprint density at radius 2 is 1.82 bits per heavy atom. The molecule has 2 aromatic heterocycles. The summed E-state index contributed by atoms with van der Waals surface area (Å²) in [6, 6.07) is 11.2. The molecule has 0 aliphatic heterocycles. The van der Waals surface area contributed by atoms with E-state index >= 15 is 0 Å². The van der Waals surface area contributed by atoms with Gasteiger partial charge in [-0.25, -0.2) is 4.79 Å². The number of carbonyl (C=O) groups excluding carboxylic acids is 3. The maximum Gasteiger partial charge on any atom is 0.355 e. The number of H-pyrrole nitrogens is 1. The lowest BCUT2D eigenvalue weighted by atomic mass is 9.99. The Morgan fingerprint density at radius 1 is 1.12 bits per heavy atom. The third kappa shape index (κ3) is 5.14. The van der Waals surface area contributed by atoms with Crippen molar-refractivity contribution >= 4 is 29.3 Å². The maximum absolute atomic E-state index is 13.6. The van der Waals surface area contributed by atoms with Crippen LogP contribution in [0.4, 0.5) is 0 Å². The van der Waals surface area contributed by atoms with Gasteiger partial charge in [0, 0.05) is 17.5 Å². The molecule has 0 aliphatic carbocycles. The highest BCUT2D eigenvalue weighted by Crippen LogP contribution is 2.25. The second kappa shape index (κ2) is 10.4. The second-order valence-corrected chi connectivity index (χ2v) is 8.03. The van der Waals surface area contributed by atoms with Gasteiger partial charge in [0.25, 0.3) is 5.91 Å². The number of ketones is 1. The van der Waals surface area contributed by atoms with E-state index in [4.69, 9.17) is 16.3 Å². The van der Waals surface area contributed by atoms with Gasteiger partial charge in [0.05, 0.1) is 35.5 Å². The van der Waals surface area contributed by atoms with Crippen LogP contribution in [0.15, 0.2) is 48.7 Å². The van der Waals surface area contributed by atoms with Crippen molar-refractivity contribution in [2.24, 2.45) is 0 Å². The van der Waals surface area contributed by atoms with Gasteiger partial charge in [-0.15, -0.1) is 0 Å². The van der Waals surface area contributed by atoms with Gasteiger partial charge in [0.15, 0.2) is 5.78 Å². The molecule has 3 rings (SSSR count). The third-order valence-corrected chi connectivity index (χ3v) is 5.76. The molecule has 0 bridgehead atoms. The van der Waals surface area contributed by atoms with Crippen LogP contribution in [0.2, 0.25) is 5.02 Å². The fourth-order valence-electron chi connectivity index (χ4n) is 3.72. The van der Waals surface area contributed by atoms with Crippen molar-refractivity contribution in [3.63, 3.8) is 0 Å². The van der Waals surface area contributed by atoms with Crippen LogP contribution in [0, 0.1) is 13.8 Å². The zero-order chi connectivity index (χ0) is 24.1. The number of hydrogen-bond acceptors (Lipinski definition) is 5. The van der Waals surface area contributed by atoms with Crippen LogP contribution < -0.4 is 0 Å². The highest BCUT2D eigenvalue weighted by atomic mass is 35.5. The van der Waals surface area contributed by atoms with Crippen LogP contribution >= 0.6 is 11.6 Å². The molecule has 7 nitrogen and oxygen atoms in total. The topological polar surface area (TPSA) is 92.4 Å². The maximum atomic E-state index is 13.6. The number of esters is 1. The lowest BCUT2D eigenvalue weighted by molar-refractivity contribution is 0.0518. The molecule has 8 heteroatoms. The molecule has 0 fully saturated rings. The molecule has 1 amide bonds. The summed E-state index contributed by atoms with van der Waals surface area (Å²) in [5, 5.41) is 0.298. The van der Waals surface area contributed by atoms with E-state index in [1.54, 1.807) is 70.3 Å². The number of Topliss-reactive ketones (excluding diaryl/α,β-unsaturated/α-hetero) is 1. The number of aromatic nitrogens is 2. The second-order valence-electron chi connectivity index (χ2n) is 7.62. The summed E-state index contributed by atoms with van der Waals surface area (Å²) in [7, 11) is 0. The average molecular weight is 468 g/mol. The summed E-state index contributed by atoms with van der Waals surface area (Å²) in [5.74, 6) is -1.21. The zero-order valence-corrected chi connectivity index (χ0v) is 19.8. The monoisotopic (exact) mass is 467 g/mol. The van der Waals surface area contributed by atoms with Gasteiger partial charge in [0.2, 0.25) is 0 Å².